The number of nitrogens with zero attached hydrogens (tertiary/aromatic N) is 1. The van der Waals surface area contributed by atoms with Crippen LogP contribution in [0.15, 0.2) is 0 Å². The molecule has 2 heterocycles. The Bertz CT molecular complexity index is 218. The first kappa shape index (κ1) is 23.9. The first-order valence-electron chi connectivity index (χ1n) is 8.16. The van der Waals surface area contributed by atoms with Crippen molar-refractivity contribution in [3.05, 3.63) is 0 Å². The summed E-state index contributed by atoms with van der Waals surface area (Å²) in [4.78, 5) is 12.7. The number of esters is 1. The maximum atomic E-state index is 10.3. The van der Waals surface area contributed by atoms with Crippen molar-refractivity contribution < 1.29 is 9.53 Å². The van der Waals surface area contributed by atoms with Gasteiger partial charge < -0.3 is 26.0 Å². The minimum absolute atomic E-state index is 0. The molecule has 2 aliphatic rings. The summed E-state index contributed by atoms with van der Waals surface area (Å²) in [5.74, 6) is -0.213. The average Bonchev–Trinajstić information content (AvgIpc) is 2.95. The van der Waals surface area contributed by atoms with E-state index in [-0.39, 0.29) is 18.4 Å². The Balaban J connectivity index is 0. The largest absolute Gasteiger partial charge is 0.466 e. The molecule has 0 spiro atoms. The number of hydrogen-bond donors (Lipinski definition) is 3. The fourth-order valence-corrected chi connectivity index (χ4v) is 1.96. The summed E-state index contributed by atoms with van der Waals surface area (Å²) in [7, 11) is 2.17. The van der Waals surface area contributed by atoms with Gasteiger partial charge in [-0.3, -0.25) is 4.79 Å². The van der Waals surface area contributed by atoms with Crippen LogP contribution in [0.2, 0.25) is 0 Å². The van der Waals surface area contributed by atoms with Crippen LogP contribution in [0.25, 0.3) is 0 Å². The second kappa shape index (κ2) is 18.6. The molecule has 2 rings (SSSR count). The van der Waals surface area contributed by atoms with Crippen LogP contribution in [-0.4, -0.2) is 70.3 Å². The third-order valence-corrected chi connectivity index (χ3v) is 3.17. The van der Waals surface area contributed by atoms with Gasteiger partial charge in [-0.05, 0) is 59.4 Å². The van der Waals surface area contributed by atoms with Crippen LogP contribution in [0.1, 0.15) is 32.6 Å². The number of nitrogens with two attached hydrogens (primary N) is 1. The lowest BCUT2D eigenvalue weighted by Gasteiger charge is -2.09. The van der Waals surface area contributed by atoms with Gasteiger partial charge in [0, 0.05) is 19.6 Å². The van der Waals surface area contributed by atoms with Crippen LogP contribution < -0.4 is 16.4 Å². The summed E-state index contributed by atoms with van der Waals surface area (Å²) >= 11 is 0. The van der Waals surface area contributed by atoms with Crippen LogP contribution in [0.5, 0.6) is 0 Å². The Kier molecular flexibility index (Phi) is 20.2. The SMILES string of the molecule is C1CCNC1.CCOC(=O)CCN.CN1CCCNCC1.Cl. The zero-order valence-corrected chi connectivity index (χ0v) is 15.1. The molecule has 134 valence electrons. The van der Waals surface area contributed by atoms with Crippen LogP contribution in [0, 0.1) is 0 Å². The molecule has 0 radical (unpaired) electrons. The molecule has 0 unspecified atom stereocenters. The quantitative estimate of drug-likeness (QED) is 0.654. The topological polar surface area (TPSA) is 79.6 Å². The van der Waals surface area contributed by atoms with E-state index < -0.39 is 0 Å². The van der Waals surface area contributed by atoms with E-state index in [1.807, 2.05) is 0 Å². The summed E-state index contributed by atoms with van der Waals surface area (Å²) in [6.45, 7) is 9.92. The third kappa shape index (κ3) is 17.7. The van der Waals surface area contributed by atoms with Crippen LogP contribution in [-0.2, 0) is 9.53 Å². The van der Waals surface area contributed by atoms with E-state index in [2.05, 4.69) is 27.3 Å². The maximum absolute atomic E-state index is 10.3. The molecule has 2 saturated heterocycles. The minimum Gasteiger partial charge on any atom is -0.466 e. The zero-order chi connectivity index (χ0) is 15.8. The fourth-order valence-electron chi connectivity index (χ4n) is 1.96. The molecule has 0 aromatic rings. The van der Waals surface area contributed by atoms with Gasteiger partial charge in [0.25, 0.3) is 0 Å². The second-order valence-electron chi connectivity index (χ2n) is 5.21. The second-order valence-corrected chi connectivity index (χ2v) is 5.21. The first-order chi connectivity index (χ1) is 10.2. The number of carbonyl (C=O) groups is 1. The number of ether oxygens (including phenoxy) is 1. The average molecular weight is 339 g/mol. The highest BCUT2D eigenvalue weighted by Crippen LogP contribution is 1.90. The van der Waals surface area contributed by atoms with Crippen molar-refractivity contribution in [1.29, 1.82) is 0 Å². The predicted molar refractivity (Wildman–Crippen MR) is 94.6 cm³/mol. The number of hydrogen-bond acceptors (Lipinski definition) is 6. The van der Waals surface area contributed by atoms with Crippen molar-refractivity contribution in [3.63, 3.8) is 0 Å². The van der Waals surface area contributed by atoms with Gasteiger partial charge in [0.2, 0.25) is 0 Å². The first-order valence-corrected chi connectivity index (χ1v) is 8.16. The van der Waals surface area contributed by atoms with Gasteiger partial charge in [0.05, 0.1) is 13.0 Å². The summed E-state index contributed by atoms with van der Waals surface area (Å²) in [5, 5.41) is 6.56. The van der Waals surface area contributed by atoms with Crippen molar-refractivity contribution in [3.8, 4) is 0 Å². The van der Waals surface area contributed by atoms with Crippen molar-refractivity contribution >= 4 is 18.4 Å². The molecule has 7 heteroatoms. The molecule has 6 nitrogen and oxygen atoms in total. The Labute approximate surface area is 141 Å². The Morgan fingerprint density at radius 1 is 1.09 bits per heavy atom. The van der Waals surface area contributed by atoms with Gasteiger partial charge in [-0.1, -0.05) is 0 Å². The maximum Gasteiger partial charge on any atom is 0.307 e. The molecule has 2 aliphatic heterocycles. The zero-order valence-electron chi connectivity index (χ0n) is 14.2. The fraction of sp³-hybridized carbons (Fsp3) is 0.933. The lowest BCUT2D eigenvalue weighted by atomic mass is 10.4. The summed E-state index contributed by atoms with van der Waals surface area (Å²) in [5.41, 5.74) is 5.06. The van der Waals surface area contributed by atoms with Gasteiger partial charge in [-0.15, -0.1) is 12.4 Å². The highest BCUT2D eigenvalue weighted by atomic mass is 35.5. The number of rotatable bonds is 3. The van der Waals surface area contributed by atoms with E-state index in [1.165, 1.54) is 52.0 Å². The van der Waals surface area contributed by atoms with E-state index in [9.17, 15) is 4.79 Å². The minimum atomic E-state index is -0.213. The Morgan fingerprint density at radius 2 is 1.68 bits per heavy atom. The van der Waals surface area contributed by atoms with Crippen molar-refractivity contribution in [2.75, 3.05) is 59.5 Å². The van der Waals surface area contributed by atoms with E-state index in [0.717, 1.165) is 6.54 Å². The smallest absolute Gasteiger partial charge is 0.307 e. The van der Waals surface area contributed by atoms with Crippen molar-refractivity contribution in [1.82, 2.24) is 15.5 Å². The van der Waals surface area contributed by atoms with E-state index in [4.69, 9.17) is 5.73 Å². The molecule has 4 N–H and O–H groups in total. The lowest BCUT2D eigenvalue weighted by molar-refractivity contribution is -0.142. The molecular weight excluding hydrogens is 304 g/mol. The van der Waals surface area contributed by atoms with Crippen molar-refractivity contribution in [2.24, 2.45) is 5.73 Å². The normalized spacial score (nSPS) is 17.8. The number of nitrogens with one attached hydrogen (secondary N) is 2. The van der Waals surface area contributed by atoms with Gasteiger partial charge in [-0.25, -0.2) is 0 Å². The molecule has 0 aromatic carbocycles. The number of halogens is 1. The Hall–Kier alpha value is -0.400. The molecule has 0 aromatic heterocycles. The molecule has 0 saturated carbocycles. The van der Waals surface area contributed by atoms with Crippen LogP contribution in [0.4, 0.5) is 0 Å². The highest BCUT2D eigenvalue weighted by molar-refractivity contribution is 5.85. The summed E-state index contributed by atoms with van der Waals surface area (Å²) in [6.07, 6.45) is 4.41. The number of carbonyl (C=O) groups excluding carboxylic acids is 1. The molecule has 0 aliphatic carbocycles. The lowest BCUT2D eigenvalue weighted by Crippen LogP contribution is -2.23. The molecule has 2 fully saturated rings. The highest BCUT2D eigenvalue weighted by Gasteiger charge is 2.00. The Morgan fingerprint density at radius 3 is 2.18 bits per heavy atom. The van der Waals surface area contributed by atoms with Crippen LogP contribution >= 0.6 is 12.4 Å². The standard InChI is InChI=1S/C6H14N2.C5H11NO2.C4H9N.ClH/c1-8-5-2-3-7-4-6-8;1-2-8-5(7)3-4-6;1-2-4-5-3-1;/h7H,2-6H2,1H3;2-4,6H2,1H3;5H,1-4H2;1H. The van der Waals surface area contributed by atoms with Gasteiger partial charge in [0.1, 0.15) is 0 Å². The van der Waals surface area contributed by atoms with Gasteiger partial charge in [-0.2, -0.15) is 0 Å². The summed E-state index contributed by atoms with van der Waals surface area (Å²) < 4.78 is 4.56. The monoisotopic (exact) mass is 338 g/mol. The molecule has 22 heavy (non-hydrogen) atoms. The predicted octanol–water partition coefficient (Wildman–Crippen LogP) is 0.601. The molecule has 0 amide bonds. The van der Waals surface area contributed by atoms with Gasteiger partial charge in [0.15, 0.2) is 0 Å². The number of likely N-dealkylation sites (N-methyl/N-ethyl adjacent to an activating group) is 1. The van der Waals surface area contributed by atoms with Gasteiger partial charge >= 0.3 is 5.97 Å². The third-order valence-electron chi connectivity index (χ3n) is 3.17. The van der Waals surface area contributed by atoms with E-state index >= 15 is 0 Å². The van der Waals surface area contributed by atoms with Crippen LogP contribution in [0.3, 0.4) is 0 Å². The summed E-state index contributed by atoms with van der Waals surface area (Å²) in [6, 6.07) is 0. The molecule has 0 bridgehead atoms. The molecule has 0 atom stereocenters. The van der Waals surface area contributed by atoms with E-state index in [1.54, 1.807) is 6.92 Å². The molecular formula is C15H35ClN4O2. The van der Waals surface area contributed by atoms with E-state index in [0.29, 0.717) is 19.6 Å². The van der Waals surface area contributed by atoms with Crippen molar-refractivity contribution in [2.45, 2.75) is 32.6 Å².